The van der Waals surface area contributed by atoms with Gasteiger partial charge in [-0.05, 0) is 0 Å². The van der Waals surface area contributed by atoms with Gasteiger partial charge in [-0.15, -0.1) is 0 Å². The Labute approximate surface area is 109 Å². The van der Waals surface area contributed by atoms with Crippen molar-refractivity contribution in [3.05, 3.63) is 44.0 Å². The Morgan fingerprint density at radius 2 is 1.42 bits per heavy atom. The van der Waals surface area contributed by atoms with Gasteiger partial charge in [-0.2, -0.15) is 0 Å². The maximum Gasteiger partial charge on any atom is 0.336 e. The van der Waals surface area contributed by atoms with Crippen LogP contribution in [-0.2, 0) is 10.8 Å². The summed E-state index contributed by atoms with van der Waals surface area (Å²) in [6, 6.07) is 2.22. The minimum absolute atomic E-state index is 0.490. The van der Waals surface area contributed by atoms with E-state index in [2.05, 4.69) is 0 Å². The lowest BCUT2D eigenvalue weighted by atomic mass is 10.2. The van der Waals surface area contributed by atoms with Crippen molar-refractivity contribution in [2.45, 2.75) is 0 Å². The fourth-order valence-corrected chi connectivity index (χ4v) is 0.929. The number of benzene rings is 1. The lowest BCUT2D eigenvalue weighted by Gasteiger charge is -1.96. The van der Waals surface area contributed by atoms with Crippen LogP contribution in [-0.4, -0.2) is 37.6 Å². The van der Waals surface area contributed by atoms with E-state index in [1.54, 1.807) is 12.5 Å². The van der Waals surface area contributed by atoms with E-state index < -0.39 is 43.6 Å². The highest BCUT2D eigenvalue weighted by Gasteiger charge is 2.19. The first-order valence-corrected chi connectivity index (χ1v) is 6.54. The van der Waals surface area contributed by atoms with Crippen LogP contribution >= 0.6 is 0 Å². The van der Waals surface area contributed by atoms with E-state index >= 15 is 0 Å². The van der Waals surface area contributed by atoms with Gasteiger partial charge in [0.1, 0.15) is 0 Å². The van der Waals surface area contributed by atoms with Crippen molar-refractivity contribution in [1.82, 2.24) is 0 Å². The molecule has 19 heavy (non-hydrogen) atoms. The Kier molecular flexibility index (Phi) is 6.27. The number of hydrogen-bond acceptors (Lipinski definition) is 6. The second-order valence-corrected chi connectivity index (χ2v) is 4.78. The zero-order valence-corrected chi connectivity index (χ0v) is 10.7. The van der Waals surface area contributed by atoms with Crippen LogP contribution in [0.5, 0.6) is 0 Å². The molecule has 0 saturated heterocycles. The monoisotopic (exact) mass is 290 g/mol. The van der Waals surface area contributed by atoms with Gasteiger partial charge in [-0.25, -0.2) is 4.79 Å². The molecule has 0 unspecified atom stereocenters. The molecule has 1 N–H and O–H groups in total. The van der Waals surface area contributed by atoms with Gasteiger partial charge in [0.05, 0.1) is 21.5 Å². The summed E-state index contributed by atoms with van der Waals surface area (Å²) in [5.41, 5.74) is -1.74. The molecule has 0 amide bonds. The number of carbonyl (C=O) groups is 1. The summed E-state index contributed by atoms with van der Waals surface area (Å²) < 4.78 is 9.56. The Balaban J connectivity index is 0.000000711. The quantitative estimate of drug-likeness (QED) is 0.651. The number of nitrogens with zero attached hydrogens (tertiary/aromatic N) is 2. The molecule has 1 rings (SSSR count). The third-order valence-corrected chi connectivity index (χ3v) is 1.57. The molecule has 0 bridgehead atoms. The van der Waals surface area contributed by atoms with Crippen molar-refractivity contribution in [2.24, 2.45) is 0 Å². The first kappa shape index (κ1) is 16.6. The predicted octanol–water partition coefficient (Wildman–Crippen LogP) is 1.20. The van der Waals surface area contributed by atoms with Gasteiger partial charge in [-0.1, -0.05) is 0 Å². The van der Waals surface area contributed by atoms with Gasteiger partial charge in [0.2, 0.25) is 0 Å². The average Bonchev–Trinajstić information content (AvgIpc) is 2.27. The SMILES string of the molecule is CS(C)=O.O=C(O)c1cc([N+](=O)[O-])cc([N+](=O)[O-])c1. The van der Waals surface area contributed by atoms with E-state index in [0.717, 1.165) is 12.1 Å². The van der Waals surface area contributed by atoms with Crippen LogP contribution < -0.4 is 0 Å². The molecule has 10 heteroatoms. The molecule has 0 aliphatic rings. The molecule has 9 nitrogen and oxygen atoms in total. The van der Waals surface area contributed by atoms with E-state index in [0.29, 0.717) is 6.07 Å². The van der Waals surface area contributed by atoms with Gasteiger partial charge in [0.15, 0.2) is 0 Å². The number of aromatic carboxylic acids is 1. The number of rotatable bonds is 3. The molecule has 0 aromatic heterocycles. The van der Waals surface area contributed by atoms with Crippen LogP contribution in [0.4, 0.5) is 11.4 Å². The fourth-order valence-electron chi connectivity index (χ4n) is 0.929. The minimum Gasteiger partial charge on any atom is -0.478 e. The molecular formula is C9H10N2O7S. The van der Waals surface area contributed by atoms with Crippen molar-refractivity contribution in [2.75, 3.05) is 12.5 Å². The molecule has 1 aromatic carbocycles. The largest absolute Gasteiger partial charge is 0.478 e. The van der Waals surface area contributed by atoms with Gasteiger partial charge >= 0.3 is 5.97 Å². The second-order valence-electron chi connectivity index (χ2n) is 3.30. The number of nitro benzene ring substituents is 2. The van der Waals surface area contributed by atoms with Crippen molar-refractivity contribution in [1.29, 1.82) is 0 Å². The average molecular weight is 290 g/mol. The summed E-state index contributed by atoms with van der Waals surface area (Å²) >= 11 is 0. The zero-order chi connectivity index (χ0) is 15.2. The zero-order valence-electron chi connectivity index (χ0n) is 9.93. The highest BCUT2D eigenvalue weighted by Crippen LogP contribution is 2.22. The van der Waals surface area contributed by atoms with Crippen LogP contribution in [0.3, 0.4) is 0 Å². The Morgan fingerprint density at radius 3 is 1.63 bits per heavy atom. The van der Waals surface area contributed by atoms with Crippen molar-refractivity contribution in [3.63, 3.8) is 0 Å². The topological polar surface area (TPSA) is 141 Å². The first-order chi connectivity index (χ1) is 8.65. The molecule has 0 saturated carbocycles. The smallest absolute Gasteiger partial charge is 0.336 e. The molecule has 0 radical (unpaired) electrons. The van der Waals surface area contributed by atoms with E-state index in [1.165, 1.54) is 0 Å². The molecule has 0 fully saturated rings. The summed E-state index contributed by atoms with van der Waals surface area (Å²) in [5, 5.41) is 29.2. The van der Waals surface area contributed by atoms with Gasteiger partial charge in [0.25, 0.3) is 11.4 Å². The number of hydrogen-bond donors (Lipinski definition) is 1. The van der Waals surface area contributed by atoms with Gasteiger partial charge < -0.3 is 5.11 Å². The summed E-state index contributed by atoms with van der Waals surface area (Å²) in [6.45, 7) is 0. The summed E-state index contributed by atoms with van der Waals surface area (Å²) in [7, 11) is -0.611. The lowest BCUT2D eigenvalue weighted by molar-refractivity contribution is -0.394. The standard InChI is InChI=1S/C7H4N2O6.C2H6OS/c10-7(11)4-1-5(8(12)13)3-6(2-4)9(14)15;1-4(2)3/h1-3H,(H,10,11);1-2H3. The maximum absolute atomic E-state index is 10.5. The lowest BCUT2D eigenvalue weighted by Crippen LogP contribution is -2.00. The molecule has 0 spiro atoms. The Bertz CT molecular complexity index is 460. The number of carboxylic acids is 1. The van der Waals surface area contributed by atoms with Crippen LogP contribution in [0.25, 0.3) is 0 Å². The number of non-ortho nitro benzene ring substituents is 2. The van der Waals surface area contributed by atoms with E-state index in [-0.39, 0.29) is 0 Å². The van der Waals surface area contributed by atoms with E-state index in [4.69, 9.17) is 5.11 Å². The Morgan fingerprint density at radius 1 is 1.11 bits per heavy atom. The van der Waals surface area contributed by atoms with Gasteiger partial charge in [0, 0.05) is 35.4 Å². The maximum atomic E-state index is 10.5. The Hall–Kier alpha value is -2.36. The van der Waals surface area contributed by atoms with Crippen LogP contribution in [0.2, 0.25) is 0 Å². The third-order valence-electron chi connectivity index (χ3n) is 1.57. The van der Waals surface area contributed by atoms with Crippen molar-refractivity contribution < 1.29 is 24.0 Å². The number of nitro groups is 2. The molecule has 104 valence electrons. The fraction of sp³-hybridized carbons (Fsp3) is 0.222. The highest BCUT2D eigenvalue weighted by molar-refractivity contribution is 7.83. The predicted molar refractivity (Wildman–Crippen MR) is 66.7 cm³/mol. The van der Waals surface area contributed by atoms with Crippen molar-refractivity contribution >= 4 is 28.1 Å². The molecule has 1 aromatic rings. The minimum atomic E-state index is -1.46. The summed E-state index contributed by atoms with van der Waals surface area (Å²) in [4.78, 5) is 29.4. The summed E-state index contributed by atoms with van der Waals surface area (Å²) in [6.07, 6.45) is 3.28. The van der Waals surface area contributed by atoms with E-state index in [9.17, 15) is 29.2 Å². The van der Waals surface area contributed by atoms with Gasteiger partial charge in [-0.3, -0.25) is 24.4 Å². The molecule has 0 atom stereocenters. The molecule has 0 aliphatic carbocycles. The molecular weight excluding hydrogens is 280 g/mol. The normalized spacial score (nSPS) is 9.42. The number of carboxylic acid groups (broad SMARTS) is 1. The second kappa shape index (κ2) is 7.16. The first-order valence-electron chi connectivity index (χ1n) is 4.57. The van der Waals surface area contributed by atoms with E-state index in [1.807, 2.05) is 0 Å². The van der Waals surface area contributed by atoms with Crippen LogP contribution in [0, 0.1) is 20.2 Å². The third kappa shape index (κ3) is 6.21. The highest BCUT2D eigenvalue weighted by atomic mass is 32.2. The van der Waals surface area contributed by atoms with Crippen LogP contribution in [0.1, 0.15) is 10.4 Å². The molecule has 0 aliphatic heterocycles. The van der Waals surface area contributed by atoms with Crippen molar-refractivity contribution in [3.8, 4) is 0 Å². The van der Waals surface area contributed by atoms with Crippen LogP contribution in [0.15, 0.2) is 18.2 Å². The summed E-state index contributed by atoms with van der Waals surface area (Å²) in [5.74, 6) is -1.46. The molecule has 0 heterocycles.